The van der Waals surface area contributed by atoms with E-state index in [0.29, 0.717) is 0 Å². The number of hydrogen-bond acceptors (Lipinski definition) is 4. The summed E-state index contributed by atoms with van der Waals surface area (Å²) in [7, 11) is -16.5. The van der Waals surface area contributed by atoms with Crippen LogP contribution < -0.4 is 0 Å². The van der Waals surface area contributed by atoms with Crippen LogP contribution in [0.2, 0.25) is 63.5 Å². The SMILES string of the molecule is CC(=CCCC[Si](O[Si](C)(C)CCC(F)(F)C(F)(F)F)(O[Si](C)(C)CCC(F)(F)C(F)(F)F)O[Si](C)(C)CCC(F)(F)C(F)(F)F)C(=O)O. The molecule has 0 saturated carbocycles. The van der Waals surface area contributed by atoms with Crippen LogP contribution in [0.1, 0.15) is 39.0 Å². The highest BCUT2D eigenvalue weighted by Crippen LogP contribution is 2.45. The standard InChI is InChI=1S/C25H41F15O5Si4/c1-18(19(41)42)10-8-9-14-49(43-46(2,3)15-11-20(26,27)23(32,33)34,44-47(4,5)16-12-21(28,29)24(35,36)37)45-48(6,7)17-13-22(30,31)25(38,39)40/h10H,8-9,11-17H2,1-7H3,(H,41,42). The highest BCUT2D eigenvalue weighted by Gasteiger charge is 2.61. The van der Waals surface area contributed by atoms with E-state index in [2.05, 4.69) is 0 Å². The van der Waals surface area contributed by atoms with E-state index < -0.39 is 119 Å². The fourth-order valence-corrected chi connectivity index (χ4v) is 21.7. The molecule has 1 N–H and O–H groups in total. The molecule has 0 saturated heterocycles. The van der Waals surface area contributed by atoms with Crippen molar-refractivity contribution in [1.29, 1.82) is 0 Å². The minimum atomic E-state index is -5.97. The van der Waals surface area contributed by atoms with Crippen molar-refractivity contribution in [3.05, 3.63) is 11.6 Å². The van der Waals surface area contributed by atoms with Gasteiger partial charge in [-0.25, -0.2) is 4.79 Å². The van der Waals surface area contributed by atoms with Crippen LogP contribution in [0.15, 0.2) is 11.6 Å². The molecular formula is C25H41F15O5Si4. The van der Waals surface area contributed by atoms with E-state index in [-0.39, 0.29) is 18.4 Å². The molecule has 0 aliphatic heterocycles. The molecule has 292 valence electrons. The molecule has 0 aromatic rings. The fourth-order valence-electron chi connectivity index (χ4n) is 4.16. The molecule has 0 rings (SSSR count). The Hall–Kier alpha value is -1.09. The van der Waals surface area contributed by atoms with Crippen LogP contribution in [0.4, 0.5) is 65.9 Å². The Morgan fingerprint density at radius 3 is 1.04 bits per heavy atom. The molecule has 24 heteroatoms. The fraction of sp³-hybridized carbons (Fsp3) is 0.880. The van der Waals surface area contributed by atoms with Gasteiger partial charge in [-0.3, -0.25) is 0 Å². The van der Waals surface area contributed by atoms with Gasteiger partial charge in [0.25, 0.3) is 0 Å². The van der Waals surface area contributed by atoms with E-state index in [4.69, 9.17) is 17.5 Å². The topological polar surface area (TPSA) is 65.0 Å². The summed E-state index contributed by atoms with van der Waals surface area (Å²) in [6.45, 7) is 8.04. The van der Waals surface area contributed by atoms with Gasteiger partial charge < -0.3 is 17.5 Å². The Bertz CT molecular complexity index is 1010. The third kappa shape index (κ3) is 16.0. The number of carboxylic acid groups (broad SMARTS) is 1. The lowest BCUT2D eigenvalue weighted by molar-refractivity contribution is -0.282. The monoisotopic (exact) mass is 818 g/mol. The van der Waals surface area contributed by atoms with Crippen molar-refractivity contribution in [3.63, 3.8) is 0 Å². The zero-order valence-corrected chi connectivity index (χ0v) is 31.7. The highest BCUT2D eigenvalue weighted by molar-refractivity contribution is 6.90. The van der Waals surface area contributed by atoms with Gasteiger partial charge in [0, 0.05) is 30.9 Å². The Morgan fingerprint density at radius 2 is 0.816 bits per heavy atom. The van der Waals surface area contributed by atoms with Gasteiger partial charge in [-0.1, -0.05) is 6.08 Å². The third-order valence-electron chi connectivity index (χ3n) is 7.14. The van der Waals surface area contributed by atoms with Crippen molar-refractivity contribution in [3.8, 4) is 0 Å². The van der Waals surface area contributed by atoms with E-state index >= 15 is 0 Å². The molecule has 5 nitrogen and oxygen atoms in total. The molecule has 0 fully saturated rings. The summed E-state index contributed by atoms with van der Waals surface area (Å²) < 4.78 is 218. The van der Waals surface area contributed by atoms with Gasteiger partial charge in [0.1, 0.15) is 0 Å². The van der Waals surface area contributed by atoms with Crippen molar-refractivity contribution in [1.82, 2.24) is 0 Å². The average Bonchev–Trinajstić information content (AvgIpc) is 2.85. The van der Waals surface area contributed by atoms with E-state index in [1.807, 2.05) is 0 Å². The predicted molar refractivity (Wildman–Crippen MR) is 158 cm³/mol. The van der Waals surface area contributed by atoms with Gasteiger partial charge in [-0.15, -0.1) is 0 Å². The average molecular weight is 819 g/mol. The van der Waals surface area contributed by atoms with Crippen LogP contribution in [0, 0.1) is 0 Å². The maximum Gasteiger partial charge on any atom is 0.469 e. The molecule has 0 aliphatic rings. The first-order valence-electron chi connectivity index (χ1n) is 14.7. The summed E-state index contributed by atoms with van der Waals surface area (Å²) in [4.78, 5) is 11.2. The van der Waals surface area contributed by atoms with Gasteiger partial charge in [0.05, 0.1) is 0 Å². The van der Waals surface area contributed by atoms with E-state index in [9.17, 15) is 70.7 Å². The van der Waals surface area contributed by atoms with Crippen LogP contribution >= 0.6 is 0 Å². The number of unbranched alkanes of at least 4 members (excludes halogenated alkanes) is 1. The Kier molecular flexibility index (Phi) is 15.9. The Balaban J connectivity index is 6.99. The van der Waals surface area contributed by atoms with E-state index in [1.54, 1.807) is 0 Å². The number of alkyl halides is 15. The van der Waals surface area contributed by atoms with Gasteiger partial charge in [0.2, 0.25) is 0 Å². The van der Waals surface area contributed by atoms with Crippen molar-refractivity contribution < 1.29 is 88.1 Å². The van der Waals surface area contributed by atoms with Crippen LogP contribution in [0.5, 0.6) is 0 Å². The summed E-state index contributed by atoms with van der Waals surface area (Å²) in [5.74, 6) is -17.0. The van der Waals surface area contributed by atoms with Crippen LogP contribution in [0.25, 0.3) is 0 Å². The number of halogens is 15. The summed E-state index contributed by atoms with van der Waals surface area (Å²) in [5, 5.41) is 9.10. The molecule has 0 amide bonds. The van der Waals surface area contributed by atoms with Gasteiger partial charge in [-0.05, 0) is 77.2 Å². The largest absolute Gasteiger partial charge is 0.478 e. The van der Waals surface area contributed by atoms with Gasteiger partial charge in [0.15, 0.2) is 25.0 Å². The summed E-state index contributed by atoms with van der Waals surface area (Å²) in [6.07, 6.45) is -22.5. The first-order valence-corrected chi connectivity index (χ1v) is 25.9. The number of carboxylic acids is 1. The Morgan fingerprint density at radius 1 is 0.551 bits per heavy atom. The van der Waals surface area contributed by atoms with Crippen LogP contribution in [-0.2, 0) is 17.1 Å². The number of allylic oxidation sites excluding steroid dienone is 1. The number of aliphatic carboxylic acids is 1. The lowest BCUT2D eigenvalue weighted by Gasteiger charge is -2.45. The summed E-state index contributed by atoms with van der Waals surface area (Å²) in [6, 6.07) is -3.37. The van der Waals surface area contributed by atoms with E-state index in [0.717, 1.165) is 39.3 Å². The molecule has 0 atom stereocenters. The molecule has 0 heterocycles. The maximum absolute atomic E-state index is 13.9. The van der Waals surface area contributed by atoms with Crippen LogP contribution in [0.3, 0.4) is 0 Å². The number of hydrogen-bond donors (Lipinski definition) is 1. The predicted octanol–water partition coefficient (Wildman–Crippen LogP) is 11.2. The van der Waals surface area contributed by atoms with Gasteiger partial charge in [-0.2, -0.15) is 65.9 Å². The van der Waals surface area contributed by atoms with Crippen molar-refractivity contribution in [2.75, 3.05) is 0 Å². The summed E-state index contributed by atoms with van der Waals surface area (Å²) >= 11 is 0. The number of rotatable bonds is 20. The molecular weight excluding hydrogens is 778 g/mol. The van der Waals surface area contributed by atoms with E-state index in [1.165, 1.54) is 13.0 Å². The summed E-state index contributed by atoms with van der Waals surface area (Å²) in [5.41, 5.74) is -0.174. The molecule has 49 heavy (non-hydrogen) atoms. The zero-order chi connectivity index (χ0) is 39.3. The third-order valence-corrected chi connectivity index (χ3v) is 22.8. The normalized spacial score (nSPS) is 15.6. The minimum Gasteiger partial charge on any atom is -0.478 e. The number of carbonyl (C=O) groups is 1. The molecule has 0 spiro atoms. The van der Waals surface area contributed by atoms with Crippen LogP contribution in [-0.4, -0.2) is 81.1 Å². The highest BCUT2D eigenvalue weighted by atomic mass is 28.5. The molecule has 0 bridgehead atoms. The molecule has 0 aliphatic carbocycles. The Labute approximate surface area is 278 Å². The van der Waals surface area contributed by atoms with Crippen molar-refractivity contribution >= 4 is 39.7 Å². The molecule has 0 aromatic heterocycles. The second-order valence-electron chi connectivity index (χ2n) is 13.5. The second kappa shape index (κ2) is 16.3. The minimum absolute atomic E-state index is 0.126. The molecule has 0 radical (unpaired) electrons. The lowest BCUT2D eigenvalue weighted by atomic mass is 10.2. The second-order valence-corrected chi connectivity index (χ2v) is 29.8. The first kappa shape index (κ1) is 47.9. The zero-order valence-electron chi connectivity index (χ0n) is 27.7. The smallest absolute Gasteiger partial charge is 0.469 e. The quantitative estimate of drug-likeness (QED) is 0.0574. The lowest BCUT2D eigenvalue weighted by Crippen LogP contribution is -2.62. The van der Waals surface area contributed by atoms with Crippen molar-refractivity contribution in [2.45, 2.75) is 139 Å². The molecule has 0 unspecified atom stereocenters. The van der Waals surface area contributed by atoms with Crippen molar-refractivity contribution in [2.24, 2.45) is 0 Å². The first-order chi connectivity index (χ1) is 21.3. The van der Waals surface area contributed by atoms with Gasteiger partial charge >= 0.3 is 51.1 Å². The maximum atomic E-state index is 13.9. The molecule has 0 aromatic carbocycles.